The second-order valence-corrected chi connectivity index (χ2v) is 18.4. The number of benzene rings is 4. The summed E-state index contributed by atoms with van der Waals surface area (Å²) in [6, 6.07) is 19.4. The van der Waals surface area contributed by atoms with Crippen LogP contribution in [0.25, 0.3) is 21.5 Å². The minimum atomic E-state index is -4.50. The number of aryl methyl sites for hydroxylation is 4. The molecule has 312 valence electrons. The first-order valence-corrected chi connectivity index (χ1v) is 24.8. The molecule has 0 saturated carbocycles. The summed E-state index contributed by atoms with van der Waals surface area (Å²) >= 11 is 0. The van der Waals surface area contributed by atoms with Crippen LogP contribution in [0.2, 0.25) is 0 Å². The van der Waals surface area contributed by atoms with Gasteiger partial charge in [0.1, 0.15) is 20.2 Å². The van der Waals surface area contributed by atoms with Gasteiger partial charge in [-0.25, -0.2) is 16.8 Å². The van der Waals surface area contributed by atoms with E-state index in [0.29, 0.717) is 34.7 Å². The van der Waals surface area contributed by atoms with Gasteiger partial charge in [-0.15, -0.1) is 0 Å². The van der Waals surface area contributed by atoms with E-state index >= 15 is 0 Å². The molecule has 4 rings (SSSR count). The molecule has 0 spiro atoms. The fourth-order valence-electron chi connectivity index (χ4n) is 7.79. The van der Waals surface area contributed by atoms with Crippen LogP contribution in [-0.4, -0.2) is 63.7 Å². The molecule has 4 aromatic carbocycles. The molecule has 57 heavy (non-hydrogen) atoms. The van der Waals surface area contributed by atoms with Crippen molar-refractivity contribution in [3.63, 3.8) is 0 Å². The van der Waals surface area contributed by atoms with Gasteiger partial charge in [0.25, 0.3) is 0 Å². The fraction of sp³-hybridized carbons (Fsp3) is 0.583. The van der Waals surface area contributed by atoms with Crippen molar-refractivity contribution in [3.8, 4) is 0 Å². The first-order valence-electron chi connectivity index (χ1n) is 21.9. The molecule has 6 nitrogen and oxygen atoms in total. The van der Waals surface area contributed by atoms with Crippen LogP contribution in [0, 0.1) is 0 Å². The molecule has 9 heteroatoms. The first-order chi connectivity index (χ1) is 26.9. The van der Waals surface area contributed by atoms with E-state index in [1.165, 1.54) is 88.2 Å². The van der Waals surface area contributed by atoms with Crippen molar-refractivity contribution in [2.24, 2.45) is 0 Å². The average Bonchev–Trinajstić information content (AvgIpc) is 3.16. The maximum Gasteiger partial charge on any atom is 2.00 e. The summed E-state index contributed by atoms with van der Waals surface area (Å²) in [5.41, 5.74) is 3.77. The molecule has 0 unspecified atom stereocenters. The Balaban J connectivity index is 0.000000387. The molecular formula is C48H70CaO6S2. The second kappa shape index (κ2) is 28.1. The molecule has 0 N–H and O–H groups in total. The Morgan fingerprint density at radius 1 is 0.386 bits per heavy atom. The second-order valence-electron chi connectivity index (χ2n) is 15.8. The third kappa shape index (κ3) is 18.3. The smallest absolute Gasteiger partial charge is 0.744 e. The molecule has 0 fully saturated rings. The quantitative estimate of drug-likeness (QED) is 0.0353. The Hall–Kier alpha value is -1.52. The Labute approximate surface area is 376 Å². The van der Waals surface area contributed by atoms with Crippen LogP contribution in [-0.2, 0) is 45.9 Å². The molecular weight excluding hydrogens is 777 g/mol. The molecule has 0 aromatic heterocycles. The average molecular weight is 847 g/mol. The van der Waals surface area contributed by atoms with Crippen molar-refractivity contribution in [1.29, 1.82) is 0 Å². The van der Waals surface area contributed by atoms with Crippen LogP contribution in [0.3, 0.4) is 0 Å². The standard InChI is InChI=1S/2C24H36O3S.Ca/c2*1-3-5-7-9-11-13-20-15-18-23-22(19-20)17-16-21(24(23)28(25,26)27)14-12-10-8-6-4-2;/h2*15-19H,3-14H2,1-2H3,(H,25,26,27);/q;;+2/p-2. The molecule has 0 heterocycles. The number of unbranched alkanes of at least 4 members (excludes halogenated alkanes) is 16. The third-order valence-electron chi connectivity index (χ3n) is 11.0. The number of hydrogen-bond donors (Lipinski definition) is 0. The van der Waals surface area contributed by atoms with Crippen molar-refractivity contribution >= 4 is 79.5 Å². The van der Waals surface area contributed by atoms with Crippen molar-refractivity contribution < 1.29 is 25.9 Å². The van der Waals surface area contributed by atoms with E-state index in [1.807, 2.05) is 48.5 Å². The topological polar surface area (TPSA) is 114 Å². The third-order valence-corrected chi connectivity index (χ3v) is 12.9. The Bertz CT molecular complexity index is 1830. The number of hydrogen-bond acceptors (Lipinski definition) is 6. The molecule has 0 aliphatic carbocycles. The monoisotopic (exact) mass is 846 g/mol. The van der Waals surface area contributed by atoms with Crippen LogP contribution < -0.4 is 0 Å². The number of rotatable bonds is 26. The van der Waals surface area contributed by atoms with Crippen molar-refractivity contribution in [2.45, 2.75) is 192 Å². The van der Waals surface area contributed by atoms with Gasteiger partial charge in [-0.05, 0) is 95.2 Å². The van der Waals surface area contributed by atoms with Gasteiger partial charge in [0.15, 0.2) is 0 Å². The summed E-state index contributed by atoms with van der Waals surface area (Å²) in [6.07, 6.45) is 26.7. The van der Waals surface area contributed by atoms with Crippen LogP contribution in [0.4, 0.5) is 0 Å². The summed E-state index contributed by atoms with van der Waals surface area (Å²) in [7, 11) is -9.00. The van der Waals surface area contributed by atoms with E-state index in [4.69, 9.17) is 0 Å². The van der Waals surface area contributed by atoms with E-state index in [0.717, 1.165) is 75.0 Å². The zero-order chi connectivity index (χ0) is 40.8. The number of fused-ring (bicyclic) bond motifs is 2. The maximum atomic E-state index is 12.0. The van der Waals surface area contributed by atoms with Gasteiger partial charge in [-0.3, -0.25) is 0 Å². The normalized spacial score (nSPS) is 11.8. The zero-order valence-corrected chi connectivity index (χ0v) is 39.6. The predicted octanol–water partition coefficient (Wildman–Crippen LogP) is 13.2. The van der Waals surface area contributed by atoms with E-state index < -0.39 is 20.2 Å². The van der Waals surface area contributed by atoms with Crippen molar-refractivity contribution in [1.82, 2.24) is 0 Å². The minimum Gasteiger partial charge on any atom is -0.744 e. The van der Waals surface area contributed by atoms with E-state index in [2.05, 4.69) is 39.8 Å². The van der Waals surface area contributed by atoms with Gasteiger partial charge in [0, 0.05) is 0 Å². The van der Waals surface area contributed by atoms with E-state index in [1.54, 1.807) is 0 Å². The molecule has 0 aliphatic rings. The molecule has 0 amide bonds. The Kier molecular flexibility index (Phi) is 25.4. The van der Waals surface area contributed by atoms with Gasteiger partial charge in [-0.2, -0.15) is 0 Å². The molecule has 0 saturated heterocycles. The maximum absolute atomic E-state index is 12.0. The largest absolute Gasteiger partial charge is 2.00 e. The SMILES string of the molecule is CCCCCCCc1ccc2c(S(=O)(=O)[O-])c(CCCCCCC)ccc2c1.CCCCCCCc1ccc2c(S(=O)(=O)[O-])c(CCCCCCC)ccc2c1.[Ca+2]. The summed E-state index contributed by atoms with van der Waals surface area (Å²) in [5.74, 6) is 0. The van der Waals surface area contributed by atoms with E-state index in [9.17, 15) is 25.9 Å². The molecule has 0 atom stereocenters. The van der Waals surface area contributed by atoms with Crippen molar-refractivity contribution in [3.05, 3.63) is 82.9 Å². The zero-order valence-electron chi connectivity index (χ0n) is 35.7. The van der Waals surface area contributed by atoms with E-state index in [-0.39, 0.29) is 47.5 Å². The van der Waals surface area contributed by atoms with Crippen LogP contribution in [0.1, 0.15) is 178 Å². The van der Waals surface area contributed by atoms with Gasteiger partial charge in [-0.1, -0.05) is 191 Å². The molecule has 0 radical (unpaired) electrons. The fourth-order valence-corrected chi connectivity index (χ4v) is 9.68. The summed E-state index contributed by atoms with van der Waals surface area (Å²) < 4.78 is 72.0. The molecule has 0 bridgehead atoms. The van der Waals surface area contributed by atoms with Gasteiger partial charge >= 0.3 is 37.7 Å². The Morgan fingerprint density at radius 2 is 0.684 bits per heavy atom. The van der Waals surface area contributed by atoms with Gasteiger partial charge in [0.2, 0.25) is 0 Å². The minimum absolute atomic E-state index is 0. The van der Waals surface area contributed by atoms with Crippen LogP contribution in [0.15, 0.2) is 70.5 Å². The van der Waals surface area contributed by atoms with Crippen molar-refractivity contribution in [2.75, 3.05) is 0 Å². The molecule has 4 aromatic rings. The van der Waals surface area contributed by atoms with Gasteiger partial charge in [0.05, 0.1) is 9.79 Å². The first kappa shape index (κ1) is 51.6. The van der Waals surface area contributed by atoms with Gasteiger partial charge < -0.3 is 9.11 Å². The summed E-state index contributed by atoms with van der Waals surface area (Å²) in [6.45, 7) is 8.77. The Morgan fingerprint density at radius 3 is 0.982 bits per heavy atom. The summed E-state index contributed by atoms with van der Waals surface area (Å²) in [5, 5.41) is 2.87. The predicted molar refractivity (Wildman–Crippen MR) is 239 cm³/mol. The summed E-state index contributed by atoms with van der Waals surface area (Å²) in [4.78, 5) is -0.00928. The van der Waals surface area contributed by atoms with Crippen LogP contribution in [0.5, 0.6) is 0 Å². The molecule has 0 aliphatic heterocycles. The van der Waals surface area contributed by atoms with Crippen LogP contribution >= 0.6 is 0 Å².